The fourth-order valence-electron chi connectivity index (χ4n) is 4.45. The van der Waals surface area contributed by atoms with Crippen LogP contribution >= 0.6 is 0 Å². The van der Waals surface area contributed by atoms with Crippen molar-refractivity contribution in [2.24, 2.45) is 17.4 Å². The summed E-state index contributed by atoms with van der Waals surface area (Å²) in [6, 6.07) is -0.423. The van der Waals surface area contributed by atoms with Crippen LogP contribution in [0.25, 0.3) is 0 Å². The summed E-state index contributed by atoms with van der Waals surface area (Å²) in [5, 5.41) is 54.3. The maximum absolute atomic E-state index is 13.2. The summed E-state index contributed by atoms with van der Waals surface area (Å²) in [5.74, 6) is -4.44. The van der Waals surface area contributed by atoms with Crippen molar-refractivity contribution in [1.29, 1.82) is 5.41 Å². The minimum absolute atomic E-state index is 0.00365. The number of anilines is 1. The van der Waals surface area contributed by atoms with E-state index in [1.165, 1.54) is 6.07 Å². The number of rotatable bonds is 23. The Labute approximate surface area is 281 Å². The molecule has 0 saturated heterocycles. The molecule has 12 N–H and O–H groups in total. The van der Waals surface area contributed by atoms with E-state index in [2.05, 4.69) is 31.9 Å². The van der Waals surface area contributed by atoms with E-state index >= 15 is 0 Å². The van der Waals surface area contributed by atoms with Gasteiger partial charge in [-0.2, -0.15) is 0 Å². The highest BCUT2D eigenvalue weighted by Crippen LogP contribution is 2.29. The molecule has 0 radical (unpaired) electrons. The summed E-state index contributed by atoms with van der Waals surface area (Å²) >= 11 is 0. The smallest absolute Gasteiger partial charge is 0.326 e. The van der Waals surface area contributed by atoms with Gasteiger partial charge >= 0.3 is 5.97 Å². The molecule has 49 heavy (non-hydrogen) atoms. The summed E-state index contributed by atoms with van der Waals surface area (Å²) < 4.78 is 0. The fourth-order valence-corrected chi connectivity index (χ4v) is 4.45. The van der Waals surface area contributed by atoms with Gasteiger partial charge in [-0.15, -0.1) is 0 Å². The van der Waals surface area contributed by atoms with Crippen molar-refractivity contribution in [1.82, 2.24) is 26.6 Å². The normalized spacial score (nSPS) is 12.5. The monoisotopic (exact) mass is 695 g/mol. The molecule has 0 fully saturated rings. The zero-order valence-corrected chi connectivity index (χ0v) is 27.3. The average Bonchev–Trinajstić information content (AvgIpc) is 3.03. The number of guanidine groups is 1. The number of aliphatic carboxylic acids is 1. The predicted molar refractivity (Wildman–Crippen MR) is 176 cm³/mol. The fraction of sp³-hybridized carbons (Fsp3) is 0.571. The number of nitrogens with two attached hydrogens (primary N) is 2. The summed E-state index contributed by atoms with van der Waals surface area (Å²) in [4.78, 5) is 83.2. The predicted octanol–water partition coefficient (Wildman–Crippen LogP) is -0.992. The molecule has 0 aliphatic carbocycles. The lowest BCUT2D eigenvalue weighted by molar-refractivity contribution is -0.393. The molecular formula is C28H45N11O10. The SMILES string of the molecule is CC(C)C[C@H](NC(=O)CN)C(=O)NCC(=O)N[C@@H](CCCCNc1ccc([N+](=O)[O-])cc1[N+](=O)[O-])C(=O)N[C@H](CCCNC(=N)N)C(=O)O. The van der Waals surface area contributed by atoms with E-state index in [1.54, 1.807) is 0 Å². The minimum atomic E-state index is -1.34. The van der Waals surface area contributed by atoms with E-state index in [-0.39, 0.29) is 69.3 Å². The number of benzene rings is 1. The van der Waals surface area contributed by atoms with Gasteiger partial charge in [0, 0.05) is 19.2 Å². The lowest BCUT2D eigenvalue weighted by Crippen LogP contribution is -2.54. The molecule has 0 bridgehead atoms. The Morgan fingerprint density at radius 2 is 1.51 bits per heavy atom. The Kier molecular flexibility index (Phi) is 18.0. The number of hydrogen-bond acceptors (Lipinski definition) is 12. The van der Waals surface area contributed by atoms with Gasteiger partial charge in [0.1, 0.15) is 23.8 Å². The molecular weight excluding hydrogens is 650 g/mol. The molecule has 21 nitrogen and oxygen atoms in total. The first-order chi connectivity index (χ1) is 23.0. The highest BCUT2D eigenvalue weighted by atomic mass is 16.6. The van der Waals surface area contributed by atoms with Crippen molar-refractivity contribution < 1.29 is 38.9 Å². The topological polar surface area (TPSA) is 340 Å². The van der Waals surface area contributed by atoms with Gasteiger partial charge < -0.3 is 48.5 Å². The van der Waals surface area contributed by atoms with Crippen LogP contribution in [0.3, 0.4) is 0 Å². The Hall–Kier alpha value is -5.60. The van der Waals surface area contributed by atoms with Crippen molar-refractivity contribution in [2.45, 2.75) is 70.5 Å². The first-order valence-corrected chi connectivity index (χ1v) is 15.4. The number of unbranched alkanes of at least 4 members (excludes halogenated alkanes) is 1. The quantitative estimate of drug-likeness (QED) is 0.0216. The maximum Gasteiger partial charge on any atom is 0.326 e. The van der Waals surface area contributed by atoms with Crippen molar-refractivity contribution in [3.05, 3.63) is 38.4 Å². The largest absolute Gasteiger partial charge is 0.480 e. The molecule has 1 aromatic carbocycles. The van der Waals surface area contributed by atoms with Gasteiger partial charge in [-0.05, 0) is 50.5 Å². The van der Waals surface area contributed by atoms with E-state index in [1.807, 2.05) is 13.8 Å². The summed E-state index contributed by atoms with van der Waals surface area (Å²) in [6.45, 7) is 3.07. The Morgan fingerprint density at radius 3 is 2.08 bits per heavy atom. The van der Waals surface area contributed by atoms with Gasteiger partial charge in [0.25, 0.3) is 11.4 Å². The first kappa shape index (κ1) is 41.4. The number of carboxylic acid groups (broad SMARTS) is 1. The Balaban J connectivity index is 2.96. The minimum Gasteiger partial charge on any atom is -0.480 e. The lowest BCUT2D eigenvalue weighted by atomic mass is 10.0. The van der Waals surface area contributed by atoms with Gasteiger partial charge in [0.15, 0.2) is 5.96 Å². The van der Waals surface area contributed by atoms with Crippen LogP contribution in [0.15, 0.2) is 18.2 Å². The third-order valence-electron chi connectivity index (χ3n) is 6.84. The number of nitro benzene ring substituents is 2. The van der Waals surface area contributed by atoms with E-state index in [0.29, 0.717) is 6.42 Å². The van der Waals surface area contributed by atoms with Gasteiger partial charge in [-0.3, -0.25) is 44.8 Å². The van der Waals surface area contributed by atoms with Crippen LogP contribution in [0.5, 0.6) is 0 Å². The van der Waals surface area contributed by atoms with Crippen molar-refractivity contribution in [2.75, 3.05) is 31.5 Å². The van der Waals surface area contributed by atoms with E-state index in [0.717, 1.165) is 12.1 Å². The molecule has 1 rings (SSSR count). The average molecular weight is 696 g/mol. The molecule has 3 atom stereocenters. The van der Waals surface area contributed by atoms with Gasteiger partial charge in [-0.25, -0.2) is 4.79 Å². The standard InChI is InChI=1S/C28H45N11O10/c1-16(2)12-21(36-23(40)14-29)25(42)34-15-24(41)35-19(26(43)37-20(27(44)45)7-5-11-33-28(30)31)6-3-4-10-32-18-9-8-17(38(46)47)13-22(18)39(48)49/h8-9,13,16,19-21,32H,3-7,10-12,14-15,29H2,1-2H3,(H,34,42)(H,35,41)(H,36,40)(H,37,43)(H,44,45)(H4,30,31,33)/t19-,20+,21-/m0/s1. The first-order valence-electron chi connectivity index (χ1n) is 15.4. The molecule has 272 valence electrons. The second-order valence-corrected chi connectivity index (χ2v) is 11.3. The van der Waals surface area contributed by atoms with Crippen LogP contribution in [0, 0.1) is 31.6 Å². The maximum atomic E-state index is 13.2. The molecule has 0 heterocycles. The van der Waals surface area contributed by atoms with Crippen molar-refractivity contribution in [3.8, 4) is 0 Å². The van der Waals surface area contributed by atoms with E-state index in [4.69, 9.17) is 16.9 Å². The highest BCUT2D eigenvalue weighted by molar-refractivity contribution is 5.93. The van der Waals surface area contributed by atoms with Crippen LogP contribution in [0.1, 0.15) is 52.4 Å². The van der Waals surface area contributed by atoms with Crippen LogP contribution in [-0.2, 0) is 24.0 Å². The molecule has 21 heteroatoms. The Morgan fingerprint density at radius 1 is 0.857 bits per heavy atom. The second kappa shape index (κ2) is 21.3. The van der Waals surface area contributed by atoms with Crippen molar-refractivity contribution in [3.63, 3.8) is 0 Å². The van der Waals surface area contributed by atoms with Crippen molar-refractivity contribution >= 4 is 52.6 Å². The third-order valence-corrected chi connectivity index (χ3v) is 6.84. The van der Waals surface area contributed by atoms with Crippen LogP contribution in [0.2, 0.25) is 0 Å². The van der Waals surface area contributed by atoms with Crippen LogP contribution < -0.4 is 43.4 Å². The third kappa shape index (κ3) is 16.2. The second-order valence-electron chi connectivity index (χ2n) is 11.3. The molecule has 0 aromatic heterocycles. The molecule has 0 spiro atoms. The number of carbonyl (C=O) groups excluding carboxylic acids is 4. The Bertz CT molecular complexity index is 1360. The number of nitrogens with zero attached hydrogens (tertiary/aromatic N) is 2. The number of carbonyl (C=O) groups is 5. The summed E-state index contributed by atoms with van der Waals surface area (Å²) in [6.07, 6.45) is 1.03. The highest BCUT2D eigenvalue weighted by Gasteiger charge is 2.27. The molecule has 0 saturated carbocycles. The van der Waals surface area contributed by atoms with E-state index < -0.39 is 75.5 Å². The molecule has 0 aliphatic heterocycles. The summed E-state index contributed by atoms with van der Waals surface area (Å²) in [5.41, 5.74) is 9.63. The molecule has 1 aromatic rings. The number of hydrogen-bond donors (Lipinski definition) is 10. The number of nitrogens with one attached hydrogen (secondary N) is 7. The van der Waals surface area contributed by atoms with Gasteiger partial charge in [-0.1, -0.05) is 13.8 Å². The van der Waals surface area contributed by atoms with E-state index in [9.17, 15) is 49.3 Å². The van der Waals surface area contributed by atoms with Crippen LogP contribution in [0.4, 0.5) is 17.1 Å². The lowest BCUT2D eigenvalue weighted by Gasteiger charge is -2.23. The number of carboxylic acids is 1. The number of non-ortho nitro benzene ring substituents is 1. The summed E-state index contributed by atoms with van der Waals surface area (Å²) in [7, 11) is 0. The number of amides is 4. The van der Waals surface area contributed by atoms with Gasteiger partial charge in [0.2, 0.25) is 23.6 Å². The van der Waals surface area contributed by atoms with Crippen LogP contribution in [-0.4, -0.2) is 94.8 Å². The molecule has 0 unspecified atom stereocenters. The zero-order chi connectivity index (χ0) is 37.1. The zero-order valence-electron chi connectivity index (χ0n) is 27.3. The number of nitro groups is 2. The van der Waals surface area contributed by atoms with Gasteiger partial charge in [0.05, 0.1) is 29.0 Å². The molecule has 0 aliphatic rings. The molecule has 4 amide bonds.